The number of anilines is 1. The number of carboxylic acid groups (broad SMARTS) is 1. The van der Waals surface area contributed by atoms with Crippen molar-refractivity contribution in [3.8, 4) is 0 Å². The highest BCUT2D eigenvalue weighted by molar-refractivity contribution is 6.31. The Bertz CT molecular complexity index is 1180. The van der Waals surface area contributed by atoms with Gasteiger partial charge >= 0.3 is 12.1 Å². The largest absolute Gasteiger partial charge is 0.490 e. The van der Waals surface area contributed by atoms with E-state index in [9.17, 15) is 13.2 Å². The van der Waals surface area contributed by atoms with Gasteiger partial charge in [0.25, 0.3) is 0 Å². The molecule has 3 aromatic rings. The number of fused-ring (bicyclic) bond motifs is 1. The van der Waals surface area contributed by atoms with Gasteiger partial charge in [0.1, 0.15) is 0 Å². The predicted molar refractivity (Wildman–Crippen MR) is 128 cm³/mol. The first-order valence-corrected chi connectivity index (χ1v) is 12.0. The van der Waals surface area contributed by atoms with Crippen LogP contribution in [0.5, 0.6) is 0 Å². The van der Waals surface area contributed by atoms with Gasteiger partial charge in [0.15, 0.2) is 11.5 Å². The molecule has 2 fully saturated rings. The molecule has 194 valence electrons. The number of nitrogens with zero attached hydrogens (tertiary/aromatic N) is 5. The van der Waals surface area contributed by atoms with Crippen LogP contribution in [0.1, 0.15) is 30.1 Å². The zero-order valence-electron chi connectivity index (χ0n) is 19.5. The van der Waals surface area contributed by atoms with E-state index in [0.29, 0.717) is 5.92 Å². The van der Waals surface area contributed by atoms with E-state index in [4.69, 9.17) is 36.3 Å². The molecule has 8 nitrogen and oxygen atoms in total. The zero-order chi connectivity index (χ0) is 25.7. The molecule has 0 radical (unpaired) electrons. The van der Waals surface area contributed by atoms with Gasteiger partial charge in [0.2, 0.25) is 0 Å². The molecule has 2 saturated heterocycles. The Hall–Kier alpha value is -2.89. The van der Waals surface area contributed by atoms with E-state index in [1.54, 1.807) is 0 Å². The summed E-state index contributed by atoms with van der Waals surface area (Å²) in [6.07, 6.45) is -0.697. The molecule has 36 heavy (non-hydrogen) atoms. The second-order valence-corrected chi connectivity index (χ2v) is 9.14. The topological polar surface area (TPSA) is 83.2 Å². The average Bonchev–Trinajstić information content (AvgIpc) is 3.30. The summed E-state index contributed by atoms with van der Waals surface area (Å²) in [6, 6.07) is 12.3. The summed E-state index contributed by atoms with van der Waals surface area (Å²) < 4.78 is 39.1. The first-order chi connectivity index (χ1) is 17.2. The van der Waals surface area contributed by atoms with Crippen molar-refractivity contribution in [1.29, 1.82) is 0 Å². The number of halogens is 4. The molecule has 2 aliphatic heterocycles. The Morgan fingerprint density at radius 1 is 1.14 bits per heavy atom. The molecule has 0 bridgehead atoms. The molecule has 0 aliphatic carbocycles. The van der Waals surface area contributed by atoms with Crippen molar-refractivity contribution in [2.24, 2.45) is 0 Å². The Balaban J connectivity index is 0.000000384. The minimum atomic E-state index is -5.08. The third-order valence-electron chi connectivity index (χ3n) is 6.17. The number of ether oxygens (including phenoxy) is 1. The van der Waals surface area contributed by atoms with E-state index in [1.807, 2.05) is 16.6 Å². The molecule has 1 unspecified atom stereocenters. The zero-order valence-corrected chi connectivity index (χ0v) is 20.3. The number of likely N-dealkylation sites (tertiary alicyclic amines) is 1. The highest BCUT2D eigenvalue weighted by Crippen LogP contribution is 2.28. The van der Waals surface area contributed by atoms with Crippen molar-refractivity contribution >= 4 is 28.9 Å². The lowest BCUT2D eigenvalue weighted by atomic mass is 9.97. The molecule has 1 atom stereocenters. The minimum absolute atomic E-state index is 0.359. The van der Waals surface area contributed by atoms with Crippen LogP contribution >= 0.6 is 11.6 Å². The number of rotatable bonds is 4. The number of hydrogen-bond acceptors (Lipinski definition) is 6. The number of hydrogen-bond donors (Lipinski definition) is 1. The first kappa shape index (κ1) is 26.2. The molecule has 5 rings (SSSR count). The SMILES string of the molecule is Clc1ccccc1CN1CCCC(c2nc3ccc(N4CCOCC4)cn3n2)C1.O=C(O)C(F)(F)F. The van der Waals surface area contributed by atoms with Gasteiger partial charge in [-0.15, -0.1) is 0 Å². The molecule has 2 aromatic heterocycles. The van der Waals surface area contributed by atoms with Gasteiger partial charge in [-0.25, -0.2) is 14.3 Å². The van der Waals surface area contributed by atoms with E-state index < -0.39 is 12.1 Å². The molecule has 0 saturated carbocycles. The normalized spacial score (nSPS) is 19.1. The van der Waals surface area contributed by atoms with Crippen LogP contribution in [0.4, 0.5) is 18.9 Å². The lowest BCUT2D eigenvalue weighted by Gasteiger charge is -2.31. The van der Waals surface area contributed by atoms with Crippen molar-refractivity contribution in [3.63, 3.8) is 0 Å². The number of piperidine rings is 1. The maximum atomic E-state index is 10.6. The number of carboxylic acids is 1. The van der Waals surface area contributed by atoms with Gasteiger partial charge in [-0.05, 0) is 43.1 Å². The summed E-state index contributed by atoms with van der Waals surface area (Å²) in [5.74, 6) is -1.45. The van der Waals surface area contributed by atoms with E-state index in [2.05, 4.69) is 40.3 Å². The maximum absolute atomic E-state index is 10.6. The summed E-state index contributed by atoms with van der Waals surface area (Å²) in [5.41, 5.74) is 3.29. The van der Waals surface area contributed by atoms with Crippen molar-refractivity contribution in [2.45, 2.75) is 31.5 Å². The third-order valence-corrected chi connectivity index (χ3v) is 6.54. The van der Waals surface area contributed by atoms with Gasteiger partial charge in [-0.1, -0.05) is 29.8 Å². The number of morpholine rings is 1. The Morgan fingerprint density at radius 2 is 1.86 bits per heavy atom. The Kier molecular flexibility index (Phi) is 8.32. The lowest BCUT2D eigenvalue weighted by Crippen LogP contribution is -2.36. The number of benzene rings is 1. The predicted octanol–water partition coefficient (Wildman–Crippen LogP) is 4.23. The quantitative estimate of drug-likeness (QED) is 0.545. The third kappa shape index (κ3) is 6.65. The fraction of sp³-hybridized carbons (Fsp3) is 0.458. The number of aliphatic carboxylic acids is 1. The fourth-order valence-corrected chi connectivity index (χ4v) is 4.54. The van der Waals surface area contributed by atoms with Crippen LogP contribution in [-0.4, -0.2) is 76.1 Å². The number of carbonyl (C=O) groups is 1. The van der Waals surface area contributed by atoms with Crippen LogP contribution in [0.15, 0.2) is 42.6 Å². The molecular formula is C24H27ClF3N5O3. The molecule has 2 aliphatic rings. The van der Waals surface area contributed by atoms with Gasteiger partial charge in [0, 0.05) is 37.1 Å². The van der Waals surface area contributed by atoms with Crippen LogP contribution in [-0.2, 0) is 16.1 Å². The smallest absolute Gasteiger partial charge is 0.475 e. The van der Waals surface area contributed by atoms with Crippen LogP contribution in [0.25, 0.3) is 5.65 Å². The standard InChI is InChI=1S/C22H26ClN5O.C2HF3O2/c23-20-6-2-1-4-17(20)14-26-9-3-5-18(15-26)22-24-21-8-7-19(16-28(21)25-22)27-10-12-29-13-11-27;3-2(4,5)1(6)7/h1-2,4,6-8,16,18H,3,5,9-15H2;(H,6,7). The van der Waals surface area contributed by atoms with Gasteiger partial charge in [0.05, 0.1) is 25.1 Å². The van der Waals surface area contributed by atoms with E-state index in [0.717, 1.165) is 75.3 Å². The average molecular weight is 526 g/mol. The molecule has 0 spiro atoms. The van der Waals surface area contributed by atoms with E-state index in [1.165, 1.54) is 11.3 Å². The van der Waals surface area contributed by atoms with Crippen molar-refractivity contribution in [2.75, 3.05) is 44.3 Å². The van der Waals surface area contributed by atoms with Crippen LogP contribution in [0.3, 0.4) is 0 Å². The molecule has 1 aromatic carbocycles. The summed E-state index contributed by atoms with van der Waals surface area (Å²) >= 11 is 6.36. The Morgan fingerprint density at radius 3 is 2.56 bits per heavy atom. The van der Waals surface area contributed by atoms with Crippen molar-refractivity contribution < 1.29 is 27.8 Å². The molecule has 4 heterocycles. The second-order valence-electron chi connectivity index (χ2n) is 8.73. The molecule has 0 amide bonds. The minimum Gasteiger partial charge on any atom is -0.475 e. The van der Waals surface area contributed by atoms with Crippen LogP contribution in [0, 0.1) is 0 Å². The van der Waals surface area contributed by atoms with E-state index >= 15 is 0 Å². The van der Waals surface area contributed by atoms with E-state index in [-0.39, 0.29) is 0 Å². The van der Waals surface area contributed by atoms with Crippen LogP contribution < -0.4 is 4.90 Å². The second kappa shape index (κ2) is 11.4. The highest BCUT2D eigenvalue weighted by atomic mass is 35.5. The highest BCUT2D eigenvalue weighted by Gasteiger charge is 2.38. The molecular weight excluding hydrogens is 499 g/mol. The number of pyridine rings is 1. The summed E-state index contributed by atoms with van der Waals surface area (Å²) in [4.78, 5) is 18.5. The summed E-state index contributed by atoms with van der Waals surface area (Å²) in [6.45, 7) is 6.35. The van der Waals surface area contributed by atoms with Crippen LogP contribution in [0.2, 0.25) is 5.02 Å². The monoisotopic (exact) mass is 525 g/mol. The molecule has 12 heteroatoms. The lowest BCUT2D eigenvalue weighted by molar-refractivity contribution is -0.192. The van der Waals surface area contributed by atoms with Gasteiger partial charge in [-0.3, -0.25) is 4.90 Å². The number of alkyl halides is 3. The van der Waals surface area contributed by atoms with Crippen molar-refractivity contribution in [1.82, 2.24) is 19.5 Å². The molecule has 1 N–H and O–H groups in total. The fourth-order valence-electron chi connectivity index (χ4n) is 4.35. The first-order valence-electron chi connectivity index (χ1n) is 11.7. The van der Waals surface area contributed by atoms with Crippen molar-refractivity contribution in [3.05, 3.63) is 59.0 Å². The maximum Gasteiger partial charge on any atom is 0.490 e. The van der Waals surface area contributed by atoms with Gasteiger partial charge < -0.3 is 14.7 Å². The summed E-state index contributed by atoms with van der Waals surface area (Å²) in [7, 11) is 0. The summed E-state index contributed by atoms with van der Waals surface area (Å²) in [5, 5.41) is 12.8. The van der Waals surface area contributed by atoms with Gasteiger partial charge in [-0.2, -0.15) is 18.3 Å². The Labute approximate surface area is 211 Å². The number of aromatic nitrogens is 3.